The van der Waals surface area contributed by atoms with Gasteiger partial charge >= 0.3 is 0 Å². The lowest BCUT2D eigenvalue weighted by molar-refractivity contribution is 0.129. The summed E-state index contributed by atoms with van der Waals surface area (Å²) >= 11 is 0. The van der Waals surface area contributed by atoms with E-state index in [1.165, 1.54) is 6.20 Å². The predicted octanol–water partition coefficient (Wildman–Crippen LogP) is 0.387. The number of nitrogens with zero attached hydrogens (tertiary/aromatic N) is 2. The molecule has 0 aromatic heterocycles. The van der Waals surface area contributed by atoms with Crippen molar-refractivity contribution < 1.29 is 4.94 Å². The third-order valence-corrected chi connectivity index (χ3v) is 0.176. The van der Waals surface area contributed by atoms with Gasteiger partial charge in [0, 0.05) is 11.5 Å². The summed E-state index contributed by atoms with van der Waals surface area (Å²) in [7, 11) is 0. The molecule has 0 fully saturated rings. The van der Waals surface area contributed by atoms with Crippen molar-refractivity contribution in [1.82, 2.24) is 0 Å². The molecule has 2 N–H and O–H groups in total. The van der Waals surface area contributed by atoms with E-state index >= 15 is 0 Å². The van der Waals surface area contributed by atoms with Gasteiger partial charge in [0.05, 0.1) is 0 Å². The number of hydrogen-bond acceptors (Lipinski definition) is 4. The van der Waals surface area contributed by atoms with Crippen molar-refractivity contribution in [2.75, 3.05) is 0 Å². The standard InChI is InChI=1S/C2H5N3O/c1-2-4-5-6-3/h2H,1,3H2. The van der Waals surface area contributed by atoms with E-state index in [2.05, 4.69) is 27.8 Å². The molecule has 6 heavy (non-hydrogen) atoms. The van der Waals surface area contributed by atoms with Crippen LogP contribution < -0.4 is 5.90 Å². The minimum absolute atomic E-state index is 1.22. The van der Waals surface area contributed by atoms with E-state index in [9.17, 15) is 0 Å². The molecule has 0 radical (unpaired) electrons. The molecule has 0 atom stereocenters. The normalized spacial score (nSPS) is 8.83. The largest absolute Gasteiger partial charge is 0.282 e. The van der Waals surface area contributed by atoms with Crippen LogP contribution in [0.1, 0.15) is 0 Å². The Kier molecular flexibility index (Phi) is 3.48. The highest BCUT2D eigenvalue weighted by Crippen LogP contribution is 1.68. The molecule has 4 nitrogen and oxygen atoms in total. The SMILES string of the molecule is C=CN=NON. The average Bonchev–Trinajstić information content (AvgIpc) is 1.61. The van der Waals surface area contributed by atoms with Gasteiger partial charge in [-0.2, -0.15) is 0 Å². The fourth-order valence-electron chi connectivity index (χ4n) is 0.0605. The molecule has 0 aliphatic carbocycles. The second kappa shape index (κ2) is 4.10. The first kappa shape index (κ1) is 5.10. The monoisotopic (exact) mass is 87.0 g/mol. The maximum Gasteiger partial charge on any atom is 0.0484 e. The quantitative estimate of drug-likeness (QED) is 0.391. The van der Waals surface area contributed by atoms with Gasteiger partial charge in [-0.1, -0.05) is 6.58 Å². The average molecular weight is 87.1 g/mol. The summed E-state index contributed by atoms with van der Waals surface area (Å²) in [6.07, 6.45) is 1.22. The molecule has 4 heteroatoms. The number of rotatable bonds is 2. The van der Waals surface area contributed by atoms with E-state index in [1.807, 2.05) is 0 Å². The fraction of sp³-hybridized carbons (Fsp3) is 0. The Morgan fingerprint density at radius 3 is 2.67 bits per heavy atom. The Morgan fingerprint density at radius 2 is 2.50 bits per heavy atom. The first-order chi connectivity index (χ1) is 2.91. The highest BCUT2D eigenvalue weighted by atomic mass is 16.8. The van der Waals surface area contributed by atoms with E-state index in [4.69, 9.17) is 0 Å². The lowest BCUT2D eigenvalue weighted by Gasteiger charge is -1.72. The summed E-state index contributed by atoms with van der Waals surface area (Å²) in [4.78, 5) is 3.67. The first-order valence-electron chi connectivity index (χ1n) is 1.28. The Bertz CT molecular complexity index is 59.8. The molecular formula is C2H5N3O. The van der Waals surface area contributed by atoms with Crippen LogP contribution in [0.4, 0.5) is 0 Å². The smallest absolute Gasteiger partial charge is 0.0484 e. The zero-order chi connectivity index (χ0) is 4.83. The molecule has 34 valence electrons. The van der Waals surface area contributed by atoms with Gasteiger partial charge in [-0.25, -0.2) is 0 Å². The fourth-order valence-corrected chi connectivity index (χ4v) is 0.0605. The van der Waals surface area contributed by atoms with Crippen LogP contribution in [0.5, 0.6) is 0 Å². The second-order valence-electron chi connectivity index (χ2n) is 0.485. The summed E-state index contributed by atoms with van der Waals surface area (Å²) in [6.45, 7) is 3.20. The molecule has 0 aliphatic rings. The van der Waals surface area contributed by atoms with Crippen LogP contribution >= 0.6 is 0 Å². The van der Waals surface area contributed by atoms with Gasteiger partial charge in [0.25, 0.3) is 0 Å². The zero-order valence-corrected chi connectivity index (χ0v) is 3.16. The van der Waals surface area contributed by atoms with Crippen LogP contribution in [0, 0.1) is 0 Å². The van der Waals surface area contributed by atoms with E-state index in [0.29, 0.717) is 0 Å². The van der Waals surface area contributed by atoms with Gasteiger partial charge in [-0.15, -0.1) is 11.0 Å². The Morgan fingerprint density at radius 1 is 1.83 bits per heavy atom. The van der Waals surface area contributed by atoms with Crippen LogP contribution in [0.3, 0.4) is 0 Å². The first-order valence-corrected chi connectivity index (χ1v) is 1.28. The third kappa shape index (κ3) is 3.10. The number of hydrogen-bond donors (Lipinski definition) is 1. The highest BCUT2D eigenvalue weighted by molar-refractivity contribution is 4.54. The Hall–Kier alpha value is -0.900. The van der Waals surface area contributed by atoms with Gasteiger partial charge in [-0.3, -0.25) is 4.94 Å². The molecule has 0 heterocycles. The van der Waals surface area contributed by atoms with Gasteiger partial charge < -0.3 is 0 Å². The van der Waals surface area contributed by atoms with Crippen molar-refractivity contribution in [3.8, 4) is 0 Å². The van der Waals surface area contributed by atoms with Gasteiger partial charge in [0.2, 0.25) is 0 Å². The summed E-state index contributed by atoms with van der Waals surface area (Å²) in [6, 6.07) is 0. The van der Waals surface area contributed by atoms with Gasteiger partial charge in [0.15, 0.2) is 0 Å². The Labute approximate surface area is 35.2 Å². The van der Waals surface area contributed by atoms with Crippen molar-refractivity contribution in [1.29, 1.82) is 0 Å². The molecule has 0 saturated heterocycles. The predicted molar refractivity (Wildman–Crippen MR) is 20.3 cm³/mol. The number of nitrogens with two attached hydrogens (primary N) is 1. The van der Waals surface area contributed by atoms with Gasteiger partial charge in [0.1, 0.15) is 0 Å². The van der Waals surface area contributed by atoms with Crippen molar-refractivity contribution in [3.63, 3.8) is 0 Å². The van der Waals surface area contributed by atoms with Crippen molar-refractivity contribution in [3.05, 3.63) is 12.8 Å². The molecule has 0 spiro atoms. The van der Waals surface area contributed by atoms with Crippen LogP contribution in [0.2, 0.25) is 0 Å². The van der Waals surface area contributed by atoms with Crippen LogP contribution in [0.25, 0.3) is 0 Å². The van der Waals surface area contributed by atoms with E-state index < -0.39 is 0 Å². The van der Waals surface area contributed by atoms with Crippen molar-refractivity contribution in [2.45, 2.75) is 0 Å². The maximum absolute atomic E-state index is 4.41. The molecule has 0 aliphatic heterocycles. The Balaban J connectivity index is 2.94. The van der Waals surface area contributed by atoms with E-state index in [1.54, 1.807) is 0 Å². The van der Waals surface area contributed by atoms with Crippen LogP contribution in [0.15, 0.2) is 23.2 Å². The zero-order valence-electron chi connectivity index (χ0n) is 3.16. The second-order valence-corrected chi connectivity index (χ2v) is 0.485. The molecule has 0 amide bonds. The minimum atomic E-state index is 1.22. The summed E-state index contributed by atoms with van der Waals surface area (Å²) in [5.74, 6) is 4.41. The van der Waals surface area contributed by atoms with Crippen LogP contribution in [-0.2, 0) is 4.94 Å². The molecular weight excluding hydrogens is 82.0 g/mol. The minimum Gasteiger partial charge on any atom is -0.282 e. The van der Waals surface area contributed by atoms with Gasteiger partial charge in [-0.05, 0) is 0 Å². The summed E-state index contributed by atoms with van der Waals surface area (Å²) < 4.78 is 0. The third-order valence-electron chi connectivity index (χ3n) is 0.176. The molecule has 0 rings (SSSR count). The van der Waals surface area contributed by atoms with Crippen LogP contribution in [-0.4, -0.2) is 0 Å². The highest BCUT2D eigenvalue weighted by Gasteiger charge is 1.52. The lowest BCUT2D eigenvalue weighted by Crippen LogP contribution is -1.85. The lowest BCUT2D eigenvalue weighted by atomic mass is 11.1. The van der Waals surface area contributed by atoms with E-state index in [0.717, 1.165) is 0 Å². The molecule has 0 saturated carbocycles. The molecule has 0 aromatic carbocycles. The topological polar surface area (TPSA) is 60.0 Å². The van der Waals surface area contributed by atoms with Crippen molar-refractivity contribution in [2.24, 2.45) is 16.3 Å². The molecule has 0 aromatic rings. The molecule has 0 unspecified atom stereocenters. The van der Waals surface area contributed by atoms with E-state index in [-0.39, 0.29) is 0 Å². The summed E-state index contributed by atoms with van der Waals surface area (Å²) in [5, 5.41) is 6.01. The molecule has 0 bridgehead atoms. The summed E-state index contributed by atoms with van der Waals surface area (Å²) in [5.41, 5.74) is 0. The van der Waals surface area contributed by atoms with Crippen molar-refractivity contribution >= 4 is 0 Å². The maximum atomic E-state index is 4.41.